The fourth-order valence-corrected chi connectivity index (χ4v) is 4.89. The third kappa shape index (κ3) is 3.26. The standard InChI is InChI=1S/C26H19ClN6O2/c1-15-5-4-8-19(27)23(15)33-24(34)17-6-2-3-7-18(17)26(33,35)16-9-10-20-21(13-16)31-25(30-20)32-22-14-28-11-12-29-22/h2-14,35H,1H3,(H2,29,30,31,32). The Hall–Kier alpha value is -4.27. The van der Waals surface area contributed by atoms with Gasteiger partial charge in [-0.05, 0) is 36.8 Å². The third-order valence-electron chi connectivity index (χ3n) is 6.17. The Morgan fingerprint density at radius 3 is 2.74 bits per heavy atom. The second-order valence-corrected chi connectivity index (χ2v) is 8.70. The Labute approximate surface area is 205 Å². The van der Waals surface area contributed by atoms with Crippen LogP contribution in [0.15, 0.2) is 79.3 Å². The molecular formula is C26H19ClN6O2. The quantitative estimate of drug-likeness (QED) is 0.336. The van der Waals surface area contributed by atoms with Gasteiger partial charge < -0.3 is 15.4 Å². The summed E-state index contributed by atoms with van der Waals surface area (Å²) >= 11 is 6.57. The summed E-state index contributed by atoms with van der Waals surface area (Å²) in [6, 6.07) is 17.8. The lowest BCUT2D eigenvalue weighted by molar-refractivity contribution is 0.0703. The first-order chi connectivity index (χ1) is 17.0. The van der Waals surface area contributed by atoms with Crippen molar-refractivity contribution in [1.82, 2.24) is 19.9 Å². The molecule has 172 valence electrons. The topological polar surface area (TPSA) is 107 Å². The average molecular weight is 483 g/mol. The highest BCUT2D eigenvalue weighted by molar-refractivity contribution is 6.34. The summed E-state index contributed by atoms with van der Waals surface area (Å²) in [7, 11) is 0. The van der Waals surface area contributed by atoms with Crippen LogP contribution in [-0.4, -0.2) is 30.9 Å². The fourth-order valence-electron chi connectivity index (χ4n) is 4.59. The molecule has 5 aromatic rings. The fraction of sp³-hybridized carbons (Fsp3) is 0.0769. The number of H-pyrrole nitrogens is 1. The normalized spacial score (nSPS) is 17.1. The van der Waals surface area contributed by atoms with Gasteiger partial charge in [-0.25, -0.2) is 9.97 Å². The van der Waals surface area contributed by atoms with E-state index in [1.807, 2.05) is 19.1 Å². The Morgan fingerprint density at radius 2 is 1.94 bits per heavy atom. The first-order valence-electron chi connectivity index (χ1n) is 10.9. The van der Waals surface area contributed by atoms with Gasteiger partial charge in [0.2, 0.25) is 5.95 Å². The summed E-state index contributed by atoms with van der Waals surface area (Å²) in [5.41, 5.74) is 2.23. The molecule has 9 heteroatoms. The molecule has 0 aliphatic carbocycles. The van der Waals surface area contributed by atoms with E-state index in [1.54, 1.807) is 67.1 Å². The first-order valence-corrected chi connectivity index (χ1v) is 11.3. The Balaban J connectivity index is 1.51. The maximum absolute atomic E-state index is 13.6. The summed E-state index contributed by atoms with van der Waals surface area (Å²) in [4.78, 5) is 31.0. The molecule has 0 fully saturated rings. The molecule has 6 rings (SSSR count). The summed E-state index contributed by atoms with van der Waals surface area (Å²) < 4.78 is 0. The van der Waals surface area contributed by atoms with Crippen LogP contribution in [0.1, 0.15) is 27.0 Å². The summed E-state index contributed by atoms with van der Waals surface area (Å²) in [6.45, 7) is 1.86. The van der Waals surface area contributed by atoms with Gasteiger partial charge in [-0.2, -0.15) is 0 Å². The zero-order chi connectivity index (χ0) is 24.2. The van der Waals surface area contributed by atoms with Crippen molar-refractivity contribution in [2.75, 3.05) is 10.2 Å². The number of nitrogens with one attached hydrogen (secondary N) is 2. The van der Waals surface area contributed by atoms with Gasteiger partial charge in [-0.1, -0.05) is 48.0 Å². The van der Waals surface area contributed by atoms with Gasteiger partial charge in [0.1, 0.15) is 0 Å². The van der Waals surface area contributed by atoms with Gasteiger partial charge in [-0.15, -0.1) is 0 Å². The van der Waals surface area contributed by atoms with E-state index in [-0.39, 0.29) is 5.91 Å². The van der Waals surface area contributed by atoms with Gasteiger partial charge in [0.25, 0.3) is 5.91 Å². The number of halogens is 1. The van der Waals surface area contributed by atoms with E-state index in [9.17, 15) is 9.90 Å². The van der Waals surface area contributed by atoms with Crippen LogP contribution in [0.3, 0.4) is 0 Å². The number of rotatable bonds is 4. The monoisotopic (exact) mass is 482 g/mol. The molecule has 1 aliphatic heterocycles. The number of nitrogens with zero attached hydrogens (tertiary/aromatic N) is 4. The summed E-state index contributed by atoms with van der Waals surface area (Å²) in [5, 5.41) is 15.8. The zero-order valence-corrected chi connectivity index (χ0v) is 19.3. The smallest absolute Gasteiger partial charge is 0.261 e. The number of aromatic amines is 1. The Morgan fingerprint density at radius 1 is 1.09 bits per heavy atom. The van der Waals surface area contributed by atoms with Crippen LogP contribution in [0.2, 0.25) is 5.02 Å². The zero-order valence-electron chi connectivity index (χ0n) is 18.5. The lowest BCUT2D eigenvalue weighted by Gasteiger charge is -2.36. The minimum Gasteiger partial charge on any atom is -0.363 e. The molecule has 0 bridgehead atoms. The number of carbonyl (C=O) groups excluding carboxylic acids is 1. The largest absolute Gasteiger partial charge is 0.363 e. The molecule has 35 heavy (non-hydrogen) atoms. The first kappa shape index (κ1) is 21.3. The highest BCUT2D eigenvalue weighted by atomic mass is 35.5. The van der Waals surface area contributed by atoms with Crippen LogP contribution < -0.4 is 10.2 Å². The number of hydrogen-bond donors (Lipinski definition) is 3. The van der Waals surface area contributed by atoms with Crippen molar-refractivity contribution in [3.05, 3.63) is 107 Å². The van der Waals surface area contributed by atoms with Gasteiger partial charge in [0, 0.05) is 29.1 Å². The number of aromatic nitrogens is 4. The number of carbonyl (C=O) groups is 1. The number of aryl methyl sites for hydroxylation is 1. The number of benzene rings is 3. The second kappa shape index (κ2) is 7.90. The highest BCUT2D eigenvalue weighted by Crippen LogP contribution is 2.48. The van der Waals surface area contributed by atoms with E-state index < -0.39 is 5.72 Å². The van der Waals surface area contributed by atoms with Gasteiger partial charge in [-0.3, -0.25) is 14.7 Å². The average Bonchev–Trinajstić information content (AvgIpc) is 3.36. The maximum Gasteiger partial charge on any atom is 0.261 e. The molecule has 1 amide bonds. The van der Waals surface area contributed by atoms with Crippen molar-refractivity contribution in [3.8, 4) is 0 Å². The molecule has 2 aromatic heterocycles. The van der Waals surface area contributed by atoms with Crippen LogP contribution in [0.25, 0.3) is 11.0 Å². The van der Waals surface area contributed by atoms with Crippen molar-refractivity contribution in [2.24, 2.45) is 0 Å². The van der Waals surface area contributed by atoms with Crippen molar-refractivity contribution in [3.63, 3.8) is 0 Å². The van der Waals surface area contributed by atoms with Crippen LogP contribution >= 0.6 is 11.6 Å². The van der Waals surface area contributed by atoms with E-state index in [2.05, 4.69) is 25.3 Å². The molecule has 0 saturated heterocycles. The molecule has 3 heterocycles. The molecule has 8 nitrogen and oxygen atoms in total. The molecule has 0 spiro atoms. The SMILES string of the molecule is Cc1cccc(Cl)c1N1C(=O)c2ccccc2C1(O)c1ccc2nc(Nc3cnccn3)[nH]c2c1. The molecule has 3 aromatic carbocycles. The van der Waals surface area contributed by atoms with Crippen LogP contribution in [0.4, 0.5) is 17.5 Å². The summed E-state index contributed by atoms with van der Waals surface area (Å²) in [5.74, 6) is 0.696. The van der Waals surface area contributed by atoms with Crippen LogP contribution in [0, 0.1) is 6.92 Å². The van der Waals surface area contributed by atoms with E-state index in [0.717, 1.165) is 5.56 Å². The molecule has 1 atom stereocenters. The Bertz CT molecular complexity index is 1580. The minimum absolute atomic E-state index is 0.325. The lowest BCUT2D eigenvalue weighted by atomic mass is 9.93. The highest BCUT2D eigenvalue weighted by Gasteiger charge is 2.51. The van der Waals surface area contributed by atoms with E-state index in [4.69, 9.17) is 11.6 Å². The van der Waals surface area contributed by atoms with Gasteiger partial charge >= 0.3 is 0 Å². The van der Waals surface area contributed by atoms with Crippen LogP contribution in [-0.2, 0) is 5.72 Å². The van der Waals surface area contributed by atoms with Crippen LogP contribution in [0.5, 0.6) is 0 Å². The van der Waals surface area contributed by atoms with Gasteiger partial charge in [0.15, 0.2) is 11.5 Å². The Kier molecular flexibility index (Phi) is 4.80. The van der Waals surface area contributed by atoms with E-state index in [1.165, 1.54) is 4.90 Å². The second-order valence-electron chi connectivity index (χ2n) is 8.30. The minimum atomic E-state index is -1.78. The molecule has 3 N–H and O–H groups in total. The number of fused-ring (bicyclic) bond motifs is 2. The molecule has 1 aliphatic rings. The third-order valence-corrected chi connectivity index (χ3v) is 6.47. The van der Waals surface area contributed by atoms with Crippen molar-refractivity contribution < 1.29 is 9.90 Å². The van der Waals surface area contributed by atoms with E-state index >= 15 is 0 Å². The van der Waals surface area contributed by atoms with Crippen molar-refractivity contribution in [2.45, 2.75) is 12.6 Å². The molecular weight excluding hydrogens is 464 g/mol. The predicted molar refractivity (Wildman–Crippen MR) is 134 cm³/mol. The maximum atomic E-state index is 13.6. The van der Waals surface area contributed by atoms with Gasteiger partial charge in [0.05, 0.1) is 27.9 Å². The number of imidazole rings is 1. The summed E-state index contributed by atoms with van der Waals surface area (Å²) in [6.07, 6.45) is 4.76. The number of amides is 1. The van der Waals surface area contributed by atoms with Crippen molar-refractivity contribution in [1.29, 1.82) is 0 Å². The lowest BCUT2D eigenvalue weighted by Crippen LogP contribution is -2.45. The van der Waals surface area contributed by atoms with Crippen molar-refractivity contribution >= 4 is 46.0 Å². The number of aliphatic hydroxyl groups is 1. The number of para-hydroxylation sites is 1. The van der Waals surface area contributed by atoms with E-state index in [0.29, 0.717) is 50.2 Å². The molecule has 1 unspecified atom stereocenters. The molecule has 0 saturated carbocycles. The predicted octanol–water partition coefficient (Wildman–Crippen LogP) is 4.91. The number of anilines is 3. The number of hydrogen-bond acceptors (Lipinski definition) is 6. The molecule has 0 radical (unpaired) electrons.